The highest BCUT2D eigenvalue weighted by Crippen LogP contribution is 2.24. The number of Topliss-reactive ketones (excluding diaryl/α,β-unsaturated/α-hetero) is 1. The molecule has 0 heterocycles. The smallest absolute Gasteiger partial charge is 0.136 e. The van der Waals surface area contributed by atoms with Crippen LogP contribution in [0, 0.1) is 5.92 Å². The van der Waals surface area contributed by atoms with Gasteiger partial charge in [0.05, 0.1) is 12.2 Å². The molecule has 3 atom stereocenters. The minimum atomic E-state index is -0.579. The summed E-state index contributed by atoms with van der Waals surface area (Å²) in [7, 11) is 0. The van der Waals surface area contributed by atoms with Crippen LogP contribution >= 0.6 is 0 Å². The molecule has 1 fully saturated rings. The minimum Gasteiger partial charge on any atom is -0.392 e. The van der Waals surface area contributed by atoms with Gasteiger partial charge in [0, 0.05) is 18.8 Å². The number of ketones is 1. The highest BCUT2D eigenvalue weighted by atomic mass is 16.3. The topological polar surface area (TPSA) is 57.5 Å². The van der Waals surface area contributed by atoms with Crippen LogP contribution in [0.2, 0.25) is 0 Å². The van der Waals surface area contributed by atoms with E-state index in [9.17, 15) is 15.0 Å². The van der Waals surface area contributed by atoms with Crippen LogP contribution in [0.4, 0.5) is 0 Å². The first-order chi connectivity index (χ1) is 9.15. The van der Waals surface area contributed by atoms with Crippen LogP contribution in [0.25, 0.3) is 0 Å². The van der Waals surface area contributed by atoms with Crippen molar-refractivity contribution in [2.45, 2.75) is 37.9 Å². The lowest BCUT2D eigenvalue weighted by atomic mass is 10.0. The molecule has 2 unspecified atom stereocenters. The van der Waals surface area contributed by atoms with Crippen LogP contribution in [0.5, 0.6) is 0 Å². The third-order valence-electron chi connectivity index (χ3n) is 3.55. The SMILES string of the molecule is O=C1CC(O)[C@H](/C=C/C(O)CCc2ccccc2)C1. The fourth-order valence-electron chi connectivity index (χ4n) is 2.39. The first-order valence-corrected chi connectivity index (χ1v) is 6.75. The quantitative estimate of drug-likeness (QED) is 0.795. The zero-order valence-corrected chi connectivity index (χ0v) is 10.9. The van der Waals surface area contributed by atoms with E-state index in [1.807, 2.05) is 30.3 Å². The summed E-state index contributed by atoms with van der Waals surface area (Å²) in [5, 5.41) is 19.5. The molecule has 0 amide bonds. The monoisotopic (exact) mass is 260 g/mol. The minimum absolute atomic E-state index is 0.0981. The number of rotatable bonds is 5. The molecule has 3 nitrogen and oxygen atoms in total. The molecule has 0 spiro atoms. The largest absolute Gasteiger partial charge is 0.392 e. The summed E-state index contributed by atoms with van der Waals surface area (Å²) >= 11 is 0. The average Bonchev–Trinajstić information content (AvgIpc) is 2.73. The highest BCUT2D eigenvalue weighted by molar-refractivity contribution is 5.81. The van der Waals surface area contributed by atoms with Gasteiger partial charge in [0.15, 0.2) is 0 Å². The average molecular weight is 260 g/mol. The van der Waals surface area contributed by atoms with Crippen molar-refractivity contribution in [3.05, 3.63) is 48.0 Å². The Balaban J connectivity index is 1.78. The van der Waals surface area contributed by atoms with Crippen LogP contribution in [-0.4, -0.2) is 28.2 Å². The van der Waals surface area contributed by atoms with E-state index in [-0.39, 0.29) is 18.1 Å². The number of aryl methyl sites for hydroxylation is 1. The number of carbonyl (C=O) groups is 1. The number of benzene rings is 1. The Morgan fingerprint density at radius 3 is 2.63 bits per heavy atom. The van der Waals surface area contributed by atoms with Crippen molar-refractivity contribution in [1.29, 1.82) is 0 Å². The van der Waals surface area contributed by atoms with Gasteiger partial charge in [-0.15, -0.1) is 0 Å². The summed E-state index contributed by atoms with van der Waals surface area (Å²) in [5.41, 5.74) is 1.20. The molecule has 0 aliphatic heterocycles. The van der Waals surface area contributed by atoms with Crippen molar-refractivity contribution >= 4 is 5.78 Å². The van der Waals surface area contributed by atoms with Crippen LogP contribution in [0.15, 0.2) is 42.5 Å². The second kappa shape index (κ2) is 6.64. The maximum Gasteiger partial charge on any atom is 0.136 e. The van der Waals surface area contributed by atoms with E-state index in [1.54, 1.807) is 12.2 Å². The molecule has 1 aliphatic carbocycles. The molecule has 1 aliphatic rings. The Bertz CT molecular complexity index is 439. The van der Waals surface area contributed by atoms with Gasteiger partial charge in [-0.25, -0.2) is 0 Å². The third-order valence-corrected chi connectivity index (χ3v) is 3.55. The lowest BCUT2D eigenvalue weighted by Gasteiger charge is -2.10. The number of carbonyl (C=O) groups excluding carboxylic acids is 1. The van der Waals surface area contributed by atoms with Gasteiger partial charge in [-0.05, 0) is 18.4 Å². The van der Waals surface area contributed by atoms with Crippen molar-refractivity contribution in [1.82, 2.24) is 0 Å². The van der Waals surface area contributed by atoms with Gasteiger partial charge in [-0.3, -0.25) is 4.79 Å². The van der Waals surface area contributed by atoms with Crippen LogP contribution in [0.3, 0.4) is 0 Å². The maximum absolute atomic E-state index is 11.2. The van der Waals surface area contributed by atoms with Gasteiger partial charge < -0.3 is 10.2 Å². The molecule has 0 saturated heterocycles. The third kappa shape index (κ3) is 4.30. The van der Waals surface area contributed by atoms with E-state index >= 15 is 0 Å². The van der Waals surface area contributed by atoms with Crippen molar-refractivity contribution in [3.63, 3.8) is 0 Å². The van der Waals surface area contributed by atoms with Gasteiger partial charge in [-0.2, -0.15) is 0 Å². The Morgan fingerprint density at radius 2 is 2.00 bits per heavy atom. The summed E-state index contributed by atoms with van der Waals surface area (Å²) in [6.07, 6.45) is 4.49. The molecule has 0 bridgehead atoms. The Morgan fingerprint density at radius 1 is 1.26 bits per heavy atom. The Hall–Kier alpha value is -1.45. The summed E-state index contributed by atoms with van der Waals surface area (Å²) in [6, 6.07) is 10.0. The summed E-state index contributed by atoms with van der Waals surface area (Å²) < 4.78 is 0. The van der Waals surface area contributed by atoms with Crippen molar-refractivity contribution in [3.8, 4) is 0 Å². The normalized spacial score (nSPS) is 25.1. The molecule has 0 radical (unpaired) electrons. The molecule has 19 heavy (non-hydrogen) atoms. The fourth-order valence-corrected chi connectivity index (χ4v) is 2.39. The molecule has 2 N–H and O–H groups in total. The zero-order valence-electron chi connectivity index (χ0n) is 10.9. The molecule has 3 heteroatoms. The van der Waals surface area contributed by atoms with E-state index in [0.717, 1.165) is 6.42 Å². The molecule has 1 aromatic rings. The summed E-state index contributed by atoms with van der Waals surface area (Å²) in [6.45, 7) is 0. The first-order valence-electron chi connectivity index (χ1n) is 6.75. The van der Waals surface area contributed by atoms with Crippen molar-refractivity contribution in [2.75, 3.05) is 0 Å². The molecule has 102 valence electrons. The molecule has 2 rings (SSSR count). The van der Waals surface area contributed by atoms with Gasteiger partial charge >= 0.3 is 0 Å². The number of aliphatic hydroxyl groups is 2. The summed E-state index contributed by atoms with van der Waals surface area (Å²) in [4.78, 5) is 11.2. The second-order valence-corrected chi connectivity index (χ2v) is 5.15. The van der Waals surface area contributed by atoms with Gasteiger partial charge in [0.1, 0.15) is 5.78 Å². The fraction of sp³-hybridized carbons (Fsp3) is 0.438. The Kier molecular flexibility index (Phi) is 4.88. The predicted molar refractivity (Wildman–Crippen MR) is 73.6 cm³/mol. The Labute approximate surface area is 113 Å². The number of hydrogen-bond acceptors (Lipinski definition) is 3. The zero-order chi connectivity index (χ0) is 13.7. The van der Waals surface area contributed by atoms with E-state index in [2.05, 4.69) is 0 Å². The highest BCUT2D eigenvalue weighted by Gasteiger charge is 2.29. The standard InChI is InChI=1S/C16H20O3/c17-14(8-6-12-4-2-1-3-5-12)9-7-13-10-15(18)11-16(13)19/h1-5,7,9,13-14,16-17,19H,6,8,10-11H2/b9-7+/t13-,14?,16?/m1/s1. The van der Waals surface area contributed by atoms with Crippen LogP contribution in [0.1, 0.15) is 24.8 Å². The van der Waals surface area contributed by atoms with Crippen LogP contribution in [-0.2, 0) is 11.2 Å². The van der Waals surface area contributed by atoms with Crippen molar-refractivity contribution in [2.24, 2.45) is 5.92 Å². The van der Waals surface area contributed by atoms with Gasteiger partial charge in [-0.1, -0.05) is 42.5 Å². The summed E-state index contributed by atoms with van der Waals surface area (Å²) in [5.74, 6) is -0.0280. The van der Waals surface area contributed by atoms with E-state index < -0.39 is 12.2 Å². The molecule has 1 aromatic carbocycles. The lowest BCUT2D eigenvalue weighted by Crippen LogP contribution is -2.12. The second-order valence-electron chi connectivity index (χ2n) is 5.15. The number of aliphatic hydroxyl groups excluding tert-OH is 2. The van der Waals surface area contributed by atoms with E-state index in [1.165, 1.54) is 5.56 Å². The lowest BCUT2D eigenvalue weighted by molar-refractivity contribution is -0.117. The molecular formula is C16H20O3. The van der Waals surface area contributed by atoms with E-state index in [4.69, 9.17) is 0 Å². The van der Waals surface area contributed by atoms with Gasteiger partial charge in [0.2, 0.25) is 0 Å². The first kappa shape index (κ1) is 14.0. The van der Waals surface area contributed by atoms with Crippen molar-refractivity contribution < 1.29 is 15.0 Å². The van der Waals surface area contributed by atoms with Gasteiger partial charge in [0.25, 0.3) is 0 Å². The number of hydrogen-bond donors (Lipinski definition) is 2. The molecular weight excluding hydrogens is 240 g/mol. The molecule has 1 saturated carbocycles. The predicted octanol–water partition coefficient (Wildman–Crippen LogP) is 1.88. The maximum atomic E-state index is 11.2. The van der Waals surface area contributed by atoms with Crippen LogP contribution < -0.4 is 0 Å². The van der Waals surface area contributed by atoms with E-state index in [0.29, 0.717) is 12.8 Å². The molecule has 0 aromatic heterocycles.